The molecule has 0 unspecified atom stereocenters. The molecule has 24 heavy (non-hydrogen) atoms. The first-order chi connectivity index (χ1) is 11.8. The van der Waals surface area contributed by atoms with E-state index in [-0.39, 0.29) is 11.7 Å². The van der Waals surface area contributed by atoms with Crippen molar-refractivity contribution in [1.29, 1.82) is 0 Å². The molecule has 0 radical (unpaired) electrons. The quantitative estimate of drug-likeness (QED) is 0.712. The van der Waals surface area contributed by atoms with Crippen LogP contribution in [0.25, 0.3) is 10.8 Å². The van der Waals surface area contributed by atoms with E-state index in [1.54, 1.807) is 6.08 Å². The molecule has 3 aromatic rings. The molecular formula is C22H19NO. The maximum absolute atomic E-state index is 12.2. The molecule has 0 spiro atoms. The molecule has 2 nitrogen and oxygen atoms in total. The highest BCUT2D eigenvalue weighted by Gasteiger charge is 2.22. The summed E-state index contributed by atoms with van der Waals surface area (Å²) in [6.07, 6.45) is 3.21. The summed E-state index contributed by atoms with van der Waals surface area (Å²) in [6.45, 7) is 0. The molecule has 2 heteroatoms. The largest absolute Gasteiger partial charge is 0.358 e. The van der Waals surface area contributed by atoms with Crippen LogP contribution in [0.15, 0.2) is 84.6 Å². The van der Waals surface area contributed by atoms with Gasteiger partial charge in [-0.2, -0.15) is 0 Å². The van der Waals surface area contributed by atoms with Gasteiger partial charge in [-0.3, -0.25) is 4.79 Å². The maximum atomic E-state index is 12.2. The number of allylic oxidation sites excluding steroid dienone is 2. The molecule has 1 N–H and O–H groups in total. The Kier molecular flexibility index (Phi) is 3.87. The zero-order chi connectivity index (χ0) is 16.4. The van der Waals surface area contributed by atoms with Gasteiger partial charge in [0.05, 0.1) is 0 Å². The Morgan fingerprint density at radius 2 is 1.54 bits per heavy atom. The van der Waals surface area contributed by atoms with Crippen LogP contribution >= 0.6 is 0 Å². The molecule has 0 amide bonds. The van der Waals surface area contributed by atoms with Gasteiger partial charge in [0, 0.05) is 29.3 Å². The Bertz CT molecular complexity index is 906. The average Bonchev–Trinajstić information content (AvgIpc) is 2.62. The molecular weight excluding hydrogens is 294 g/mol. The molecule has 0 aromatic heterocycles. The number of anilines is 1. The minimum absolute atomic E-state index is 0.192. The van der Waals surface area contributed by atoms with Gasteiger partial charge in [-0.25, -0.2) is 0 Å². The number of ketones is 1. The molecule has 0 heterocycles. The number of fused-ring (bicyclic) bond motifs is 1. The van der Waals surface area contributed by atoms with E-state index in [0.717, 1.165) is 17.8 Å². The summed E-state index contributed by atoms with van der Waals surface area (Å²) in [5, 5.41) is 5.87. The summed E-state index contributed by atoms with van der Waals surface area (Å²) >= 11 is 0. The Hall–Kier alpha value is -2.87. The Morgan fingerprint density at radius 3 is 2.42 bits per heavy atom. The molecule has 3 aromatic carbocycles. The summed E-state index contributed by atoms with van der Waals surface area (Å²) in [5.41, 5.74) is 3.29. The zero-order valence-corrected chi connectivity index (χ0v) is 13.4. The third kappa shape index (κ3) is 2.95. The number of carbonyl (C=O) groups is 1. The fraction of sp³-hybridized carbons (Fsp3) is 0.136. The van der Waals surface area contributed by atoms with Gasteiger partial charge in [0.1, 0.15) is 0 Å². The molecule has 0 fully saturated rings. The number of nitrogens with one attached hydrogen (secondary N) is 1. The van der Waals surface area contributed by atoms with Gasteiger partial charge in [0.15, 0.2) is 5.78 Å². The summed E-state index contributed by atoms with van der Waals surface area (Å²) in [5.74, 6) is 0.444. The zero-order valence-electron chi connectivity index (χ0n) is 13.4. The second kappa shape index (κ2) is 6.32. The average molecular weight is 313 g/mol. The summed E-state index contributed by atoms with van der Waals surface area (Å²) in [6, 6.07) is 24.8. The third-order valence-corrected chi connectivity index (χ3v) is 4.60. The lowest BCUT2D eigenvalue weighted by atomic mass is 9.85. The fourth-order valence-corrected chi connectivity index (χ4v) is 3.45. The van der Waals surface area contributed by atoms with Gasteiger partial charge in [-0.15, -0.1) is 0 Å². The van der Waals surface area contributed by atoms with E-state index >= 15 is 0 Å². The van der Waals surface area contributed by atoms with Crippen LogP contribution in [0.4, 0.5) is 5.69 Å². The van der Waals surface area contributed by atoms with Crippen LogP contribution < -0.4 is 5.32 Å². The summed E-state index contributed by atoms with van der Waals surface area (Å²) < 4.78 is 0. The van der Waals surface area contributed by atoms with Gasteiger partial charge in [-0.05, 0) is 29.4 Å². The van der Waals surface area contributed by atoms with Crippen molar-refractivity contribution < 1.29 is 4.79 Å². The van der Waals surface area contributed by atoms with Gasteiger partial charge >= 0.3 is 0 Å². The lowest BCUT2D eigenvalue weighted by molar-refractivity contribution is -0.115. The minimum Gasteiger partial charge on any atom is -0.358 e. The van der Waals surface area contributed by atoms with Crippen molar-refractivity contribution in [2.75, 3.05) is 5.32 Å². The van der Waals surface area contributed by atoms with E-state index in [1.165, 1.54) is 16.3 Å². The number of rotatable bonds is 3. The normalized spacial score (nSPS) is 17.6. The van der Waals surface area contributed by atoms with E-state index in [4.69, 9.17) is 0 Å². The first-order valence-corrected chi connectivity index (χ1v) is 8.33. The van der Waals surface area contributed by atoms with Crippen molar-refractivity contribution in [2.45, 2.75) is 18.8 Å². The van der Waals surface area contributed by atoms with Crippen LogP contribution in [-0.2, 0) is 4.79 Å². The third-order valence-electron chi connectivity index (χ3n) is 4.60. The highest BCUT2D eigenvalue weighted by atomic mass is 16.1. The van der Waals surface area contributed by atoms with Crippen molar-refractivity contribution >= 4 is 22.2 Å². The predicted octanol–water partition coefficient (Wildman–Crippen LogP) is 5.28. The highest BCUT2D eigenvalue weighted by molar-refractivity contribution is 5.96. The maximum Gasteiger partial charge on any atom is 0.158 e. The van der Waals surface area contributed by atoms with Gasteiger partial charge in [-0.1, -0.05) is 66.7 Å². The molecule has 0 bridgehead atoms. The van der Waals surface area contributed by atoms with E-state index in [9.17, 15) is 4.79 Å². The number of carbonyl (C=O) groups excluding carboxylic acids is 1. The second-order valence-corrected chi connectivity index (χ2v) is 6.30. The molecule has 118 valence electrons. The van der Waals surface area contributed by atoms with Crippen LogP contribution in [0.2, 0.25) is 0 Å². The summed E-state index contributed by atoms with van der Waals surface area (Å²) in [4.78, 5) is 12.2. The number of hydrogen-bond donors (Lipinski definition) is 1. The predicted molar refractivity (Wildman–Crippen MR) is 99.1 cm³/mol. The van der Waals surface area contributed by atoms with E-state index in [1.807, 2.05) is 36.4 Å². The van der Waals surface area contributed by atoms with Crippen molar-refractivity contribution in [2.24, 2.45) is 0 Å². The van der Waals surface area contributed by atoms with Crippen LogP contribution in [-0.4, -0.2) is 5.78 Å². The van der Waals surface area contributed by atoms with Crippen LogP contribution in [0.1, 0.15) is 24.3 Å². The Morgan fingerprint density at radius 1 is 0.792 bits per heavy atom. The lowest BCUT2D eigenvalue weighted by Crippen LogP contribution is -2.16. The molecule has 0 saturated carbocycles. The van der Waals surface area contributed by atoms with Crippen molar-refractivity contribution in [3.63, 3.8) is 0 Å². The van der Waals surface area contributed by atoms with Crippen molar-refractivity contribution in [1.82, 2.24) is 0 Å². The molecule has 4 rings (SSSR count). The van der Waals surface area contributed by atoms with Crippen LogP contribution in [0.3, 0.4) is 0 Å². The van der Waals surface area contributed by atoms with Gasteiger partial charge < -0.3 is 5.32 Å². The van der Waals surface area contributed by atoms with E-state index in [2.05, 4.69) is 41.7 Å². The lowest BCUT2D eigenvalue weighted by Gasteiger charge is -2.24. The highest BCUT2D eigenvalue weighted by Crippen LogP contribution is 2.33. The SMILES string of the molecule is O=C1C=C(Nc2cccc3ccccc23)C[C@@H](c2ccccc2)C1. The second-order valence-electron chi connectivity index (χ2n) is 6.30. The van der Waals surface area contributed by atoms with Crippen molar-refractivity contribution in [3.8, 4) is 0 Å². The number of hydrogen-bond acceptors (Lipinski definition) is 2. The van der Waals surface area contributed by atoms with Gasteiger partial charge in [0.25, 0.3) is 0 Å². The first kappa shape index (κ1) is 14.7. The molecule has 1 atom stereocenters. The molecule has 0 saturated heterocycles. The smallest absolute Gasteiger partial charge is 0.158 e. The summed E-state index contributed by atoms with van der Waals surface area (Å²) in [7, 11) is 0. The Balaban J connectivity index is 1.63. The van der Waals surface area contributed by atoms with E-state index in [0.29, 0.717) is 6.42 Å². The standard InChI is InChI=1S/C22H19NO/c24-20-14-18(16-7-2-1-3-8-16)13-19(15-20)23-22-12-6-10-17-9-4-5-11-21(17)22/h1-12,15,18,23H,13-14H2/t18-/m1/s1. The molecule has 1 aliphatic carbocycles. The monoisotopic (exact) mass is 313 g/mol. The van der Waals surface area contributed by atoms with E-state index < -0.39 is 0 Å². The topological polar surface area (TPSA) is 29.1 Å². The first-order valence-electron chi connectivity index (χ1n) is 8.33. The van der Waals surface area contributed by atoms with Crippen LogP contribution in [0, 0.1) is 0 Å². The van der Waals surface area contributed by atoms with Gasteiger partial charge in [0.2, 0.25) is 0 Å². The molecule has 0 aliphatic heterocycles. The minimum atomic E-state index is 0.192. The fourth-order valence-electron chi connectivity index (χ4n) is 3.45. The molecule has 1 aliphatic rings. The Labute approximate surface area is 141 Å². The van der Waals surface area contributed by atoms with Crippen LogP contribution in [0.5, 0.6) is 0 Å². The van der Waals surface area contributed by atoms with Crippen molar-refractivity contribution in [3.05, 3.63) is 90.1 Å². The number of benzene rings is 3.